The van der Waals surface area contributed by atoms with Gasteiger partial charge in [0.1, 0.15) is 6.42 Å². The van der Waals surface area contributed by atoms with Crippen LogP contribution in [0.2, 0.25) is 0 Å². The average molecular weight is 326 g/mol. The minimum atomic E-state index is -0.521. The summed E-state index contributed by atoms with van der Waals surface area (Å²) < 4.78 is 0. The molecule has 5 nitrogen and oxygen atoms in total. The number of aryl methyl sites for hydroxylation is 2. The van der Waals surface area contributed by atoms with Gasteiger partial charge < -0.3 is 15.7 Å². The maximum Gasteiger partial charge on any atom is 0.233 e. The van der Waals surface area contributed by atoms with E-state index >= 15 is 0 Å². The number of anilines is 1. The number of nitrogens with one attached hydrogen (secondary N) is 2. The molecule has 2 aromatic rings. The number of rotatable bonds is 6. The summed E-state index contributed by atoms with van der Waals surface area (Å²) in [5.74, 6) is -0.818. The first-order valence-electron chi connectivity index (χ1n) is 7.81. The van der Waals surface area contributed by atoms with Gasteiger partial charge in [0.2, 0.25) is 11.8 Å². The van der Waals surface area contributed by atoms with Crippen molar-refractivity contribution in [3.8, 4) is 0 Å². The molecule has 0 unspecified atom stereocenters. The number of hydrogen-bond acceptors (Lipinski definition) is 3. The molecule has 0 saturated heterocycles. The molecular weight excluding hydrogens is 304 g/mol. The number of aliphatic hydroxyl groups is 1. The molecule has 0 saturated carbocycles. The summed E-state index contributed by atoms with van der Waals surface area (Å²) >= 11 is 0. The monoisotopic (exact) mass is 326 g/mol. The van der Waals surface area contributed by atoms with Crippen LogP contribution >= 0.6 is 0 Å². The average Bonchev–Trinajstić information content (AvgIpc) is 2.52. The van der Waals surface area contributed by atoms with Crippen LogP contribution in [0.15, 0.2) is 48.5 Å². The molecule has 5 heteroatoms. The maximum atomic E-state index is 12.0. The van der Waals surface area contributed by atoms with Crippen LogP contribution in [0.5, 0.6) is 0 Å². The fourth-order valence-electron chi connectivity index (χ4n) is 2.56. The van der Waals surface area contributed by atoms with Gasteiger partial charge in [-0.1, -0.05) is 36.4 Å². The Morgan fingerprint density at radius 3 is 2.21 bits per heavy atom. The van der Waals surface area contributed by atoms with Crippen molar-refractivity contribution in [2.24, 2.45) is 0 Å². The van der Waals surface area contributed by atoms with Crippen LogP contribution in [0.3, 0.4) is 0 Å². The van der Waals surface area contributed by atoms with E-state index in [0.29, 0.717) is 5.69 Å². The lowest BCUT2D eigenvalue weighted by atomic mass is 10.1. The van der Waals surface area contributed by atoms with Gasteiger partial charge in [0.15, 0.2) is 0 Å². The van der Waals surface area contributed by atoms with Crippen LogP contribution in [-0.2, 0) is 9.59 Å². The molecule has 0 bridgehead atoms. The van der Waals surface area contributed by atoms with E-state index in [1.54, 1.807) is 0 Å². The van der Waals surface area contributed by atoms with E-state index in [9.17, 15) is 14.7 Å². The van der Waals surface area contributed by atoms with Gasteiger partial charge in [-0.25, -0.2) is 0 Å². The molecule has 2 aromatic carbocycles. The molecule has 0 aromatic heterocycles. The lowest BCUT2D eigenvalue weighted by molar-refractivity contribution is -0.127. The van der Waals surface area contributed by atoms with Crippen LogP contribution < -0.4 is 10.6 Å². The SMILES string of the molecule is Cc1cc(C)cc(NC(=O)CC(=O)N[C@H](CO)c2ccccc2)c1. The first kappa shape index (κ1) is 17.7. The van der Waals surface area contributed by atoms with Crippen molar-refractivity contribution in [1.82, 2.24) is 5.32 Å². The van der Waals surface area contributed by atoms with Gasteiger partial charge in [-0.2, -0.15) is 0 Å². The Kier molecular flexibility index (Phi) is 6.09. The van der Waals surface area contributed by atoms with Crippen molar-refractivity contribution in [3.05, 3.63) is 65.2 Å². The molecule has 2 rings (SSSR count). The van der Waals surface area contributed by atoms with Crippen molar-refractivity contribution >= 4 is 17.5 Å². The van der Waals surface area contributed by atoms with Gasteiger partial charge >= 0.3 is 0 Å². The van der Waals surface area contributed by atoms with E-state index in [2.05, 4.69) is 10.6 Å². The lowest BCUT2D eigenvalue weighted by Gasteiger charge is -2.16. The maximum absolute atomic E-state index is 12.0. The fourth-order valence-corrected chi connectivity index (χ4v) is 2.56. The van der Waals surface area contributed by atoms with E-state index in [1.165, 1.54) is 0 Å². The van der Waals surface area contributed by atoms with E-state index < -0.39 is 11.9 Å². The third-order valence-corrected chi connectivity index (χ3v) is 3.55. The van der Waals surface area contributed by atoms with Gasteiger partial charge in [0.05, 0.1) is 12.6 Å². The highest BCUT2D eigenvalue weighted by Crippen LogP contribution is 2.14. The molecule has 0 spiro atoms. The number of carbonyl (C=O) groups excluding carboxylic acids is 2. The fraction of sp³-hybridized carbons (Fsp3) is 0.263. The normalized spacial score (nSPS) is 11.6. The van der Waals surface area contributed by atoms with E-state index in [0.717, 1.165) is 16.7 Å². The molecule has 24 heavy (non-hydrogen) atoms. The zero-order valence-electron chi connectivity index (χ0n) is 13.9. The van der Waals surface area contributed by atoms with Gasteiger partial charge in [-0.05, 0) is 42.7 Å². The number of amides is 2. The Bertz CT molecular complexity index is 694. The van der Waals surface area contributed by atoms with Crippen molar-refractivity contribution in [2.75, 3.05) is 11.9 Å². The Labute approximate surface area is 141 Å². The van der Waals surface area contributed by atoms with Crippen molar-refractivity contribution in [1.29, 1.82) is 0 Å². The second kappa shape index (κ2) is 8.26. The predicted octanol–water partition coefficient (Wildman–Crippen LogP) is 2.48. The second-order valence-corrected chi connectivity index (χ2v) is 5.81. The molecule has 0 aliphatic rings. The Morgan fingerprint density at radius 1 is 1.00 bits per heavy atom. The lowest BCUT2D eigenvalue weighted by Crippen LogP contribution is -2.33. The summed E-state index contributed by atoms with van der Waals surface area (Å²) in [6.45, 7) is 3.66. The summed E-state index contributed by atoms with van der Waals surface area (Å²) in [4.78, 5) is 24.1. The van der Waals surface area contributed by atoms with Crippen molar-refractivity contribution < 1.29 is 14.7 Å². The first-order valence-corrected chi connectivity index (χ1v) is 7.81. The van der Waals surface area contributed by atoms with E-state index in [4.69, 9.17) is 0 Å². The van der Waals surface area contributed by atoms with Gasteiger partial charge in [-0.3, -0.25) is 9.59 Å². The summed E-state index contributed by atoms with van der Waals surface area (Å²) in [7, 11) is 0. The minimum absolute atomic E-state index is 0.228. The summed E-state index contributed by atoms with van der Waals surface area (Å²) in [6, 6.07) is 14.3. The number of carbonyl (C=O) groups is 2. The van der Waals surface area contributed by atoms with Gasteiger partial charge in [0, 0.05) is 5.69 Å². The standard InChI is InChI=1S/C19H22N2O3/c1-13-8-14(2)10-16(9-13)20-18(23)11-19(24)21-17(12-22)15-6-4-3-5-7-15/h3-10,17,22H,11-12H2,1-2H3,(H,20,23)(H,21,24)/t17-/m1/s1. The topological polar surface area (TPSA) is 78.4 Å². The van der Waals surface area contributed by atoms with Crippen LogP contribution in [-0.4, -0.2) is 23.5 Å². The number of hydrogen-bond donors (Lipinski definition) is 3. The van der Waals surface area contributed by atoms with Crippen LogP contribution in [0, 0.1) is 13.8 Å². The Hall–Kier alpha value is -2.66. The summed E-state index contributed by atoms with van der Waals surface area (Å²) in [5.41, 5.74) is 3.55. The molecule has 0 radical (unpaired) electrons. The molecule has 0 aliphatic heterocycles. The first-order chi connectivity index (χ1) is 11.5. The molecule has 1 atom stereocenters. The van der Waals surface area contributed by atoms with E-state index in [1.807, 2.05) is 62.4 Å². The van der Waals surface area contributed by atoms with Crippen molar-refractivity contribution in [2.45, 2.75) is 26.3 Å². The van der Waals surface area contributed by atoms with Crippen LogP contribution in [0.25, 0.3) is 0 Å². The zero-order chi connectivity index (χ0) is 17.5. The van der Waals surface area contributed by atoms with Gasteiger partial charge in [-0.15, -0.1) is 0 Å². The van der Waals surface area contributed by atoms with Crippen LogP contribution in [0.1, 0.15) is 29.2 Å². The quantitative estimate of drug-likeness (QED) is 0.714. The van der Waals surface area contributed by atoms with Crippen LogP contribution in [0.4, 0.5) is 5.69 Å². The molecule has 126 valence electrons. The molecule has 0 aliphatic carbocycles. The van der Waals surface area contributed by atoms with Gasteiger partial charge in [0.25, 0.3) is 0 Å². The summed E-state index contributed by atoms with van der Waals surface area (Å²) in [6.07, 6.45) is -0.295. The number of benzene rings is 2. The highest BCUT2D eigenvalue weighted by atomic mass is 16.3. The Balaban J connectivity index is 1.92. The predicted molar refractivity (Wildman–Crippen MR) is 93.6 cm³/mol. The van der Waals surface area contributed by atoms with Crippen molar-refractivity contribution in [3.63, 3.8) is 0 Å². The third kappa shape index (κ3) is 5.21. The number of aliphatic hydroxyl groups excluding tert-OH is 1. The highest BCUT2D eigenvalue weighted by molar-refractivity contribution is 6.03. The molecule has 0 fully saturated rings. The molecule has 0 heterocycles. The minimum Gasteiger partial charge on any atom is -0.394 e. The smallest absolute Gasteiger partial charge is 0.233 e. The zero-order valence-corrected chi connectivity index (χ0v) is 13.9. The molecule has 3 N–H and O–H groups in total. The molecular formula is C19H22N2O3. The highest BCUT2D eigenvalue weighted by Gasteiger charge is 2.16. The Morgan fingerprint density at radius 2 is 1.62 bits per heavy atom. The second-order valence-electron chi connectivity index (χ2n) is 5.81. The third-order valence-electron chi connectivity index (χ3n) is 3.55. The summed E-state index contributed by atoms with van der Waals surface area (Å²) in [5, 5.41) is 14.8. The molecule has 2 amide bonds. The largest absolute Gasteiger partial charge is 0.394 e. The van der Waals surface area contributed by atoms with E-state index in [-0.39, 0.29) is 18.9 Å².